The second-order valence-electron chi connectivity index (χ2n) is 6.70. The van der Waals surface area contributed by atoms with Crippen molar-refractivity contribution in [1.29, 1.82) is 0 Å². The summed E-state index contributed by atoms with van der Waals surface area (Å²) in [5, 5.41) is 0. The van der Waals surface area contributed by atoms with Crippen molar-refractivity contribution in [2.75, 3.05) is 19.7 Å². The van der Waals surface area contributed by atoms with Crippen LogP contribution in [0.4, 0.5) is 4.39 Å². The van der Waals surface area contributed by atoms with E-state index >= 15 is 0 Å². The monoisotopic (exact) mass is 355 g/mol. The van der Waals surface area contributed by atoms with Crippen LogP contribution in [-0.2, 0) is 6.54 Å². The van der Waals surface area contributed by atoms with Gasteiger partial charge in [0.15, 0.2) is 11.5 Å². The molecule has 1 saturated heterocycles. The molecule has 0 saturated carbocycles. The maximum atomic E-state index is 13.4. The molecule has 26 heavy (non-hydrogen) atoms. The van der Waals surface area contributed by atoms with Gasteiger partial charge in [-0.2, -0.15) is 0 Å². The summed E-state index contributed by atoms with van der Waals surface area (Å²) in [4.78, 5) is 11.2. The fourth-order valence-electron chi connectivity index (χ4n) is 3.55. The smallest absolute Gasteiger partial charge is 0.199 e. The number of rotatable bonds is 5. The molecule has 5 nitrogen and oxygen atoms in total. The summed E-state index contributed by atoms with van der Waals surface area (Å²) in [5.74, 6) is 1.44. The fourth-order valence-corrected chi connectivity index (χ4v) is 3.55. The van der Waals surface area contributed by atoms with Gasteiger partial charge in [0.05, 0.1) is 12.8 Å². The third-order valence-electron chi connectivity index (χ3n) is 4.71. The molecule has 6 heteroatoms. The molecule has 1 aliphatic rings. The van der Waals surface area contributed by atoms with Crippen molar-refractivity contribution < 1.29 is 13.5 Å². The molecular formula is C20H22FN3O2. The number of likely N-dealkylation sites (tertiary alicyclic amines) is 1. The van der Waals surface area contributed by atoms with Crippen LogP contribution in [0.1, 0.15) is 37.1 Å². The SMILES string of the molecule is CCOc1cncc(CN2CCCC(c3nc4ccc(F)cc4o3)C2)c1. The lowest BCUT2D eigenvalue weighted by molar-refractivity contribution is 0.187. The molecule has 1 unspecified atom stereocenters. The second-order valence-corrected chi connectivity index (χ2v) is 6.70. The van der Waals surface area contributed by atoms with Gasteiger partial charge in [-0.3, -0.25) is 9.88 Å². The number of aromatic nitrogens is 2. The second kappa shape index (κ2) is 7.41. The Labute approximate surface area is 151 Å². The fraction of sp³-hybridized carbons (Fsp3) is 0.400. The number of benzene rings is 1. The maximum absolute atomic E-state index is 13.4. The highest BCUT2D eigenvalue weighted by Gasteiger charge is 2.25. The Morgan fingerprint density at radius 1 is 1.31 bits per heavy atom. The van der Waals surface area contributed by atoms with Crippen LogP contribution in [0.5, 0.6) is 5.75 Å². The number of fused-ring (bicyclic) bond motifs is 1. The van der Waals surface area contributed by atoms with Gasteiger partial charge in [-0.15, -0.1) is 0 Å². The predicted molar refractivity (Wildman–Crippen MR) is 96.6 cm³/mol. The van der Waals surface area contributed by atoms with E-state index in [1.54, 1.807) is 12.3 Å². The van der Waals surface area contributed by atoms with Crippen molar-refractivity contribution in [3.63, 3.8) is 0 Å². The van der Waals surface area contributed by atoms with Gasteiger partial charge in [0.1, 0.15) is 17.1 Å². The van der Waals surface area contributed by atoms with Crippen LogP contribution in [0, 0.1) is 5.82 Å². The minimum atomic E-state index is -0.299. The van der Waals surface area contributed by atoms with E-state index in [0.717, 1.165) is 43.8 Å². The molecule has 136 valence electrons. The standard InChI is InChI=1S/C20H22FN3O2/c1-2-25-17-8-14(10-22-11-17)12-24-7-3-4-15(13-24)20-23-18-6-5-16(21)9-19(18)26-20/h5-6,8-11,15H,2-4,7,12-13H2,1H3. The van der Waals surface area contributed by atoms with Crippen LogP contribution < -0.4 is 4.74 Å². The number of oxazole rings is 1. The van der Waals surface area contributed by atoms with Gasteiger partial charge in [-0.1, -0.05) is 0 Å². The quantitative estimate of drug-likeness (QED) is 0.688. The van der Waals surface area contributed by atoms with Gasteiger partial charge < -0.3 is 9.15 Å². The Kier molecular flexibility index (Phi) is 4.84. The van der Waals surface area contributed by atoms with Crippen molar-refractivity contribution in [3.8, 4) is 5.75 Å². The predicted octanol–water partition coefficient (Wildman–Crippen LogP) is 4.14. The van der Waals surface area contributed by atoms with Crippen LogP contribution in [0.3, 0.4) is 0 Å². The molecule has 0 spiro atoms. The maximum Gasteiger partial charge on any atom is 0.199 e. The highest BCUT2D eigenvalue weighted by molar-refractivity contribution is 5.72. The van der Waals surface area contributed by atoms with Crippen LogP contribution in [-0.4, -0.2) is 34.6 Å². The van der Waals surface area contributed by atoms with Crippen LogP contribution in [0.2, 0.25) is 0 Å². The van der Waals surface area contributed by atoms with E-state index in [1.807, 2.05) is 19.2 Å². The normalized spacial score (nSPS) is 18.3. The summed E-state index contributed by atoms with van der Waals surface area (Å²) in [7, 11) is 0. The lowest BCUT2D eigenvalue weighted by Crippen LogP contribution is -2.34. The average molecular weight is 355 g/mol. The molecule has 1 fully saturated rings. The summed E-state index contributed by atoms with van der Waals surface area (Å²) in [6.45, 7) is 5.32. The summed E-state index contributed by atoms with van der Waals surface area (Å²) in [6, 6.07) is 6.53. The van der Waals surface area contributed by atoms with Crippen molar-refractivity contribution in [2.24, 2.45) is 0 Å². The number of hydrogen-bond donors (Lipinski definition) is 0. The Morgan fingerprint density at radius 2 is 2.23 bits per heavy atom. The molecule has 1 aromatic carbocycles. The number of hydrogen-bond acceptors (Lipinski definition) is 5. The van der Waals surface area contributed by atoms with E-state index in [9.17, 15) is 4.39 Å². The van der Waals surface area contributed by atoms with Gasteiger partial charge in [0, 0.05) is 31.3 Å². The molecule has 3 heterocycles. The molecular weight excluding hydrogens is 333 g/mol. The molecule has 0 aliphatic carbocycles. The van der Waals surface area contributed by atoms with Crippen LogP contribution in [0.15, 0.2) is 41.1 Å². The first-order valence-electron chi connectivity index (χ1n) is 9.06. The first kappa shape index (κ1) is 17.0. The summed E-state index contributed by atoms with van der Waals surface area (Å²) >= 11 is 0. The summed E-state index contributed by atoms with van der Waals surface area (Å²) in [5.41, 5.74) is 2.37. The highest BCUT2D eigenvalue weighted by Crippen LogP contribution is 2.30. The Morgan fingerprint density at radius 3 is 3.12 bits per heavy atom. The van der Waals surface area contributed by atoms with Crippen molar-refractivity contribution in [2.45, 2.75) is 32.2 Å². The first-order valence-corrected chi connectivity index (χ1v) is 9.06. The van der Waals surface area contributed by atoms with Gasteiger partial charge in [-0.05, 0) is 50.1 Å². The van der Waals surface area contributed by atoms with E-state index in [0.29, 0.717) is 23.6 Å². The lowest BCUT2D eigenvalue weighted by atomic mass is 9.97. The Balaban J connectivity index is 1.47. The molecule has 1 aliphatic heterocycles. The Bertz CT molecular complexity index is 896. The van der Waals surface area contributed by atoms with Crippen LogP contribution >= 0.6 is 0 Å². The van der Waals surface area contributed by atoms with E-state index in [-0.39, 0.29) is 11.7 Å². The third kappa shape index (κ3) is 3.70. The molecule has 4 rings (SSSR count). The van der Waals surface area contributed by atoms with Crippen LogP contribution in [0.25, 0.3) is 11.1 Å². The zero-order chi connectivity index (χ0) is 17.9. The highest BCUT2D eigenvalue weighted by atomic mass is 19.1. The summed E-state index contributed by atoms with van der Waals surface area (Å²) in [6.07, 6.45) is 5.73. The molecule has 0 radical (unpaired) electrons. The minimum absolute atomic E-state index is 0.224. The zero-order valence-corrected chi connectivity index (χ0v) is 14.8. The minimum Gasteiger partial charge on any atom is -0.492 e. The molecule has 3 aromatic rings. The van der Waals surface area contributed by atoms with E-state index in [1.165, 1.54) is 12.1 Å². The number of nitrogens with zero attached hydrogens (tertiary/aromatic N) is 3. The van der Waals surface area contributed by atoms with Crippen molar-refractivity contribution >= 4 is 11.1 Å². The summed E-state index contributed by atoms with van der Waals surface area (Å²) < 4.78 is 24.7. The third-order valence-corrected chi connectivity index (χ3v) is 4.71. The lowest BCUT2D eigenvalue weighted by Gasteiger charge is -2.31. The Hall–Kier alpha value is -2.47. The van der Waals surface area contributed by atoms with E-state index in [4.69, 9.17) is 9.15 Å². The largest absolute Gasteiger partial charge is 0.492 e. The molecule has 0 amide bonds. The molecule has 0 bridgehead atoms. The molecule has 2 aromatic heterocycles. The van der Waals surface area contributed by atoms with Crippen molar-refractivity contribution in [1.82, 2.24) is 14.9 Å². The number of pyridine rings is 1. The molecule has 0 N–H and O–H groups in total. The first-order chi connectivity index (χ1) is 12.7. The number of ether oxygens (including phenoxy) is 1. The molecule has 1 atom stereocenters. The van der Waals surface area contributed by atoms with Gasteiger partial charge >= 0.3 is 0 Å². The van der Waals surface area contributed by atoms with E-state index < -0.39 is 0 Å². The van der Waals surface area contributed by atoms with Gasteiger partial charge in [0.25, 0.3) is 0 Å². The zero-order valence-electron chi connectivity index (χ0n) is 14.8. The number of piperidine rings is 1. The van der Waals surface area contributed by atoms with E-state index in [2.05, 4.69) is 14.9 Å². The topological polar surface area (TPSA) is 51.4 Å². The number of halogens is 1. The average Bonchev–Trinajstić information content (AvgIpc) is 3.06. The van der Waals surface area contributed by atoms with Gasteiger partial charge in [-0.25, -0.2) is 9.37 Å². The van der Waals surface area contributed by atoms with Gasteiger partial charge in [0.2, 0.25) is 0 Å². The van der Waals surface area contributed by atoms with Crippen molar-refractivity contribution in [3.05, 3.63) is 53.9 Å².